The second-order valence-electron chi connectivity index (χ2n) is 4.36. The molecule has 1 rings (SSSR count). The van der Waals surface area contributed by atoms with Crippen LogP contribution in [0.15, 0.2) is 17.0 Å². The molecule has 0 aliphatic heterocycles. The Morgan fingerprint density at radius 2 is 2.10 bits per heavy atom. The fourth-order valence-corrected chi connectivity index (χ4v) is 3.03. The van der Waals surface area contributed by atoms with Gasteiger partial charge < -0.3 is 9.84 Å². The van der Waals surface area contributed by atoms with E-state index in [1.54, 1.807) is 6.92 Å². The van der Waals surface area contributed by atoms with Gasteiger partial charge in [0.15, 0.2) is 0 Å². The van der Waals surface area contributed by atoms with Gasteiger partial charge in [0.1, 0.15) is 0 Å². The fourth-order valence-electron chi connectivity index (χ4n) is 1.66. The van der Waals surface area contributed by atoms with Crippen LogP contribution in [0.1, 0.15) is 29.3 Å². The van der Waals surface area contributed by atoms with E-state index in [-0.39, 0.29) is 22.0 Å². The number of rotatable bonds is 8. The summed E-state index contributed by atoms with van der Waals surface area (Å²) in [6.07, 6.45) is 0.533. The van der Waals surface area contributed by atoms with E-state index in [1.165, 1.54) is 6.07 Å². The zero-order valence-electron chi connectivity index (χ0n) is 11.8. The maximum absolute atomic E-state index is 12.1. The van der Waals surface area contributed by atoms with E-state index in [0.717, 1.165) is 6.07 Å². The second kappa shape index (κ2) is 7.74. The van der Waals surface area contributed by atoms with Gasteiger partial charge in [0.05, 0.1) is 15.5 Å². The number of aromatic carboxylic acids is 1. The lowest BCUT2D eigenvalue weighted by Crippen LogP contribution is -2.26. The van der Waals surface area contributed by atoms with Gasteiger partial charge in [-0.1, -0.05) is 11.6 Å². The van der Waals surface area contributed by atoms with E-state index in [2.05, 4.69) is 4.72 Å². The molecule has 0 amide bonds. The first-order valence-corrected chi connectivity index (χ1v) is 8.26. The van der Waals surface area contributed by atoms with Crippen molar-refractivity contribution in [3.8, 4) is 0 Å². The Kier molecular flexibility index (Phi) is 6.60. The average Bonchev–Trinajstić information content (AvgIpc) is 2.40. The van der Waals surface area contributed by atoms with Gasteiger partial charge in [-0.25, -0.2) is 17.9 Å². The molecular weight excluding hydrogens is 318 g/mol. The van der Waals surface area contributed by atoms with Gasteiger partial charge in [0, 0.05) is 19.8 Å². The number of carboxylic acids is 1. The van der Waals surface area contributed by atoms with Crippen molar-refractivity contribution < 1.29 is 23.1 Å². The van der Waals surface area contributed by atoms with E-state index < -0.39 is 16.0 Å². The van der Waals surface area contributed by atoms with Crippen LogP contribution in [-0.2, 0) is 14.8 Å². The Morgan fingerprint density at radius 1 is 1.43 bits per heavy atom. The van der Waals surface area contributed by atoms with E-state index in [0.29, 0.717) is 25.2 Å². The van der Waals surface area contributed by atoms with Gasteiger partial charge in [-0.3, -0.25) is 0 Å². The summed E-state index contributed by atoms with van der Waals surface area (Å²) >= 11 is 5.86. The smallest absolute Gasteiger partial charge is 0.337 e. The predicted octanol–water partition coefficient (Wildman–Crippen LogP) is 2.05. The van der Waals surface area contributed by atoms with Crippen molar-refractivity contribution in [2.45, 2.75) is 25.2 Å². The lowest BCUT2D eigenvalue weighted by Gasteiger charge is -2.10. The molecule has 8 heteroatoms. The highest BCUT2D eigenvalue weighted by Crippen LogP contribution is 2.25. The molecule has 0 aliphatic rings. The van der Waals surface area contributed by atoms with Crippen molar-refractivity contribution in [2.24, 2.45) is 0 Å². The van der Waals surface area contributed by atoms with Crippen LogP contribution < -0.4 is 4.72 Å². The first-order valence-electron chi connectivity index (χ1n) is 6.40. The van der Waals surface area contributed by atoms with E-state index in [1.807, 2.05) is 6.92 Å². The van der Waals surface area contributed by atoms with Crippen molar-refractivity contribution in [2.75, 3.05) is 19.8 Å². The Hall–Kier alpha value is -1.15. The summed E-state index contributed by atoms with van der Waals surface area (Å²) in [5, 5.41) is 9.08. The Bertz CT molecular complexity index is 615. The van der Waals surface area contributed by atoms with Crippen molar-refractivity contribution in [3.63, 3.8) is 0 Å². The van der Waals surface area contributed by atoms with Crippen LogP contribution in [-0.4, -0.2) is 39.3 Å². The number of halogens is 1. The third-order valence-electron chi connectivity index (χ3n) is 2.73. The summed E-state index contributed by atoms with van der Waals surface area (Å²) < 4.78 is 31.7. The Balaban J connectivity index is 2.91. The van der Waals surface area contributed by atoms with Crippen LogP contribution in [0.4, 0.5) is 0 Å². The molecule has 0 heterocycles. The molecular formula is C13H18ClNO5S. The standard InChI is InChI=1S/C13H18ClNO5S/c1-3-20-6-4-5-15-21(18,19)10-7-9(2)12(14)11(8-10)13(16)17/h7-8,15H,3-6H2,1-2H3,(H,16,17). The molecule has 21 heavy (non-hydrogen) atoms. The first kappa shape index (κ1) is 17.9. The molecule has 1 aromatic carbocycles. The maximum Gasteiger partial charge on any atom is 0.337 e. The molecule has 0 aromatic heterocycles. The Labute approximate surface area is 129 Å². The number of benzene rings is 1. The minimum atomic E-state index is -3.77. The zero-order valence-corrected chi connectivity index (χ0v) is 13.4. The topological polar surface area (TPSA) is 92.7 Å². The summed E-state index contributed by atoms with van der Waals surface area (Å²) in [6.45, 7) is 4.66. The van der Waals surface area contributed by atoms with Crippen molar-refractivity contribution in [1.29, 1.82) is 0 Å². The minimum absolute atomic E-state index is 0.0396. The Morgan fingerprint density at radius 3 is 2.67 bits per heavy atom. The summed E-state index contributed by atoms with van der Waals surface area (Å²) in [6, 6.07) is 2.40. The molecule has 1 aromatic rings. The number of hydrogen-bond acceptors (Lipinski definition) is 4. The number of carbonyl (C=O) groups is 1. The van der Waals surface area contributed by atoms with Crippen LogP contribution in [0.3, 0.4) is 0 Å². The molecule has 0 atom stereocenters. The molecule has 0 fully saturated rings. The van der Waals surface area contributed by atoms with Gasteiger partial charge in [0.2, 0.25) is 10.0 Å². The third kappa shape index (κ3) is 4.96. The molecule has 0 radical (unpaired) electrons. The molecule has 6 nitrogen and oxygen atoms in total. The average molecular weight is 336 g/mol. The zero-order chi connectivity index (χ0) is 16.0. The van der Waals surface area contributed by atoms with E-state index >= 15 is 0 Å². The summed E-state index contributed by atoms with van der Waals surface area (Å²) in [5.41, 5.74) is 0.164. The van der Waals surface area contributed by atoms with Gasteiger partial charge in [-0.05, 0) is 38.0 Å². The van der Waals surface area contributed by atoms with Gasteiger partial charge in [-0.2, -0.15) is 0 Å². The maximum atomic E-state index is 12.1. The normalized spacial score (nSPS) is 11.6. The predicted molar refractivity (Wildman–Crippen MR) is 79.4 cm³/mol. The van der Waals surface area contributed by atoms with E-state index in [9.17, 15) is 13.2 Å². The highest BCUT2D eigenvalue weighted by atomic mass is 35.5. The molecule has 118 valence electrons. The molecule has 2 N–H and O–H groups in total. The van der Waals surface area contributed by atoms with Crippen molar-refractivity contribution >= 4 is 27.6 Å². The van der Waals surface area contributed by atoms with Gasteiger partial charge >= 0.3 is 5.97 Å². The number of nitrogens with one attached hydrogen (secondary N) is 1. The minimum Gasteiger partial charge on any atom is -0.478 e. The number of carboxylic acid groups (broad SMARTS) is 1. The number of aryl methyl sites for hydroxylation is 1. The lowest BCUT2D eigenvalue weighted by molar-refractivity contribution is 0.0696. The largest absolute Gasteiger partial charge is 0.478 e. The van der Waals surface area contributed by atoms with Crippen LogP contribution in [0.5, 0.6) is 0 Å². The van der Waals surface area contributed by atoms with Crippen LogP contribution in [0.25, 0.3) is 0 Å². The van der Waals surface area contributed by atoms with E-state index in [4.69, 9.17) is 21.4 Å². The second-order valence-corrected chi connectivity index (χ2v) is 6.50. The van der Waals surface area contributed by atoms with Crippen molar-refractivity contribution in [3.05, 3.63) is 28.3 Å². The highest BCUT2D eigenvalue weighted by molar-refractivity contribution is 7.89. The summed E-state index contributed by atoms with van der Waals surface area (Å²) in [4.78, 5) is 11.0. The first-order chi connectivity index (χ1) is 9.79. The monoisotopic (exact) mass is 335 g/mol. The SMILES string of the molecule is CCOCCCNS(=O)(=O)c1cc(C)c(Cl)c(C(=O)O)c1. The quantitative estimate of drug-likeness (QED) is 0.709. The molecule has 0 unspecified atom stereocenters. The molecule has 0 saturated heterocycles. The van der Waals surface area contributed by atoms with Gasteiger partial charge in [-0.15, -0.1) is 0 Å². The number of sulfonamides is 1. The fraction of sp³-hybridized carbons (Fsp3) is 0.462. The molecule has 0 aliphatic carbocycles. The molecule has 0 saturated carbocycles. The van der Waals surface area contributed by atoms with Gasteiger partial charge in [0.25, 0.3) is 0 Å². The van der Waals surface area contributed by atoms with Crippen LogP contribution >= 0.6 is 11.6 Å². The highest BCUT2D eigenvalue weighted by Gasteiger charge is 2.19. The van der Waals surface area contributed by atoms with Crippen LogP contribution in [0.2, 0.25) is 5.02 Å². The number of ether oxygens (including phenoxy) is 1. The lowest BCUT2D eigenvalue weighted by atomic mass is 10.1. The van der Waals surface area contributed by atoms with Crippen molar-refractivity contribution in [1.82, 2.24) is 4.72 Å². The molecule has 0 spiro atoms. The molecule has 0 bridgehead atoms. The summed E-state index contributed by atoms with van der Waals surface area (Å²) in [5.74, 6) is -1.27. The van der Waals surface area contributed by atoms with Crippen LogP contribution in [0, 0.1) is 6.92 Å². The number of hydrogen-bond donors (Lipinski definition) is 2. The summed E-state index contributed by atoms with van der Waals surface area (Å²) in [7, 11) is -3.77. The third-order valence-corrected chi connectivity index (χ3v) is 4.67.